The van der Waals surface area contributed by atoms with E-state index in [1.54, 1.807) is 0 Å². The molecule has 0 aliphatic rings. The van der Waals surface area contributed by atoms with Gasteiger partial charge < -0.3 is 4.74 Å². The van der Waals surface area contributed by atoms with E-state index >= 15 is 0 Å². The van der Waals surface area contributed by atoms with Crippen LogP contribution in [0.15, 0.2) is 54.6 Å². The van der Waals surface area contributed by atoms with E-state index in [0.717, 1.165) is 5.56 Å². The SMILES string of the molecule is O=C(COc1ccc([N+](=O)[O-])cc1)NOCc1ccccc1. The minimum absolute atomic E-state index is 0.0389. The maximum atomic E-state index is 11.5. The molecule has 0 aliphatic heterocycles. The third kappa shape index (κ3) is 4.88. The zero-order chi connectivity index (χ0) is 15.8. The molecule has 0 fully saturated rings. The summed E-state index contributed by atoms with van der Waals surface area (Å²) in [5.74, 6) is -0.0851. The molecule has 7 heteroatoms. The highest BCUT2D eigenvalue weighted by Gasteiger charge is 2.06. The van der Waals surface area contributed by atoms with E-state index in [9.17, 15) is 14.9 Å². The Kier molecular flexibility index (Phi) is 5.44. The molecule has 2 rings (SSSR count). The van der Waals surface area contributed by atoms with Crippen molar-refractivity contribution in [2.45, 2.75) is 6.61 Å². The average Bonchev–Trinajstić information content (AvgIpc) is 2.54. The zero-order valence-corrected chi connectivity index (χ0v) is 11.6. The zero-order valence-electron chi connectivity index (χ0n) is 11.6. The third-order valence-electron chi connectivity index (χ3n) is 2.69. The maximum absolute atomic E-state index is 11.5. The number of benzene rings is 2. The Hall–Kier alpha value is -2.93. The average molecular weight is 302 g/mol. The summed E-state index contributed by atoms with van der Waals surface area (Å²) >= 11 is 0. The summed E-state index contributed by atoms with van der Waals surface area (Å²) in [4.78, 5) is 26.6. The highest BCUT2D eigenvalue weighted by Crippen LogP contribution is 2.16. The number of nitro groups is 1. The van der Waals surface area contributed by atoms with Crippen molar-refractivity contribution >= 4 is 11.6 Å². The van der Waals surface area contributed by atoms with Crippen molar-refractivity contribution in [2.75, 3.05) is 6.61 Å². The van der Waals surface area contributed by atoms with Crippen LogP contribution in [-0.4, -0.2) is 17.4 Å². The fourth-order valence-electron chi connectivity index (χ4n) is 1.62. The largest absolute Gasteiger partial charge is 0.484 e. The molecule has 7 nitrogen and oxygen atoms in total. The van der Waals surface area contributed by atoms with E-state index in [-0.39, 0.29) is 18.9 Å². The molecule has 0 aromatic heterocycles. The Labute approximate surface area is 126 Å². The van der Waals surface area contributed by atoms with Crippen molar-refractivity contribution in [1.29, 1.82) is 0 Å². The fourth-order valence-corrected chi connectivity index (χ4v) is 1.62. The van der Waals surface area contributed by atoms with Gasteiger partial charge in [0.2, 0.25) is 0 Å². The first-order valence-corrected chi connectivity index (χ1v) is 6.47. The summed E-state index contributed by atoms with van der Waals surface area (Å²) in [5.41, 5.74) is 3.15. The molecule has 0 bridgehead atoms. The Balaban J connectivity index is 1.70. The van der Waals surface area contributed by atoms with Crippen LogP contribution < -0.4 is 10.2 Å². The van der Waals surface area contributed by atoms with Crippen molar-refractivity contribution in [3.05, 3.63) is 70.3 Å². The quantitative estimate of drug-likeness (QED) is 0.625. The maximum Gasteiger partial charge on any atom is 0.281 e. The lowest BCUT2D eigenvalue weighted by Gasteiger charge is -2.07. The Morgan fingerprint density at radius 2 is 1.77 bits per heavy atom. The summed E-state index contributed by atoms with van der Waals surface area (Å²) in [6.45, 7) is 0.0106. The normalized spacial score (nSPS) is 10.0. The van der Waals surface area contributed by atoms with Crippen LogP contribution in [0, 0.1) is 10.1 Å². The van der Waals surface area contributed by atoms with Gasteiger partial charge in [-0.3, -0.25) is 19.7 Å². The van der Waals surface area contributed by atoms with Gasteiger partial charge in [-0.2, -0.15) is 0 Å². The third-order valence-corrected chi connectivity index (χ3v) is 2.69. The van der Waals surface area contributed by atoms with Crippen molar-refractivity contribution < 1.29 is 19.3 Å². The molecule has 0 saturated heterocycles. The second-order valence-corrected chi connectivity index (χ2v) is 4.34. The second kappa shape index (κ2) is 7.75. The van der Waals surface area contributed by atoms with E-state index in [1.165, 1.54) is 24.3 Å². The number of hydrogen-bond donors (Lipinski definition) is 1. The first-order valence-electron chi connectivity index (χ1n) is 6.47. The number of hydrogen-bond acceptors (Lipinski definition) is 5. The van der Waals surface area contributed by atoms with Crippen LogP contribution in [0.1, 0.15) is 5.56 Å². The molecule has 22 heavy (non-hydrogen) atoms. The highest BCUT2D eigenvalue weighted by molar-refractivity contribution is 5.76. The van der Waals surface area contributed by atoms with Crippen LogP contribution in [0.3, 0.4) is 0 Å². The molecule has 2 aromatic rings. The van der Waals surface area contributed by atoms with Crippen LogP contribution in [0.25, 0.3) is 0 Å². The van der Waals surface area contributed by atoms with Gasteiger partial charge in [0.1, 0.15) is 5.75 Å². The van der Waals surface area contributed by atoms with Gasteiger partial charge in [0, 0.05) is 12.1 Å². The van der Waals surface area contributed by atoms with Crippen molar-refractivity contribution in [3.8, 4) is 5.75 Å². The number of nitrogens with zero attached hydrogens (tertiary/aromatic N) is 1. The van der Waals surface area contributed by atoms with Crippen LogP contribution in [0.4, 0.5) is 5.69 Å². The van der Waals surface area contributed by atoms with Crippen molar-refractivity contribution in [3.63, 3.8) is 0 Å². The van der Waals surface area contributed by atoms with E-state index < -0.39 is 10.8 Å². The van der Waals surface area contributed by atoms with Gasteiger partial charge in [0.15, 0.2) is 6.61 Å². The van der Waals surface area contributed by atoms with Crippen LogP contribution >= 0.6 is 0 Å². The van der Waals surface area contributed by atoms with Crippen LogP contribution in [0.5, 0.6) is 5.75 Å². The lowest BCUT2D eigenvalue weighted by Crippen LogP contribution is -2.28. The smallest absolute Gasteiger partial charge is 0.281 e. The topological polar surface area (TPSA) is 90.7 Å². The number of rotatable bonds is 7. The van der Waals surface area contributed by atoms with Crippen LogP contribution in [0.2, 0.25) is 0 Å². The van der Waals surface area contributed by atoms with E-state index in [1.807, 2.05) is 30.3 Å². The van der Waals surface area contributed by atoms with Gasteiger partial charge in [0.05, 0.1) is 11.5 Å². The number of nitro benzene ring substituents is 1. The Morgan fingerprint density at radius 3 is 2.41 bits per heavy atom. The molecule has 1 amide bonds. The molecule has 0 unspecified atom stereocenters. The predicted octanol–water partition coefficient (Wildman–Crippen LogP) is 2.22. The van der Waals surface area contributed by atoms with E-state index in [4.69, 9.17) is 9.57 Å². The molecule has 0 heterocycles. The summed E-state index contributed by atoms with van der Waals surface area (Å²) in [6.07, 6.45) is 0. The minimum atomic E-state index is -0.506. The minimum Gasteiger partial charge on any atom is -0.484 e. The van der Waals surface area contributed by atoms with Gasteiger partial charge in [-0.05, 0) is 17.7 Å². The number of nitrogens with one attached hydrogen (secondary N) is 1. The number of hydroxylamine groups is 1. The second-order valence-electron chi connectivity index (χ2n) is 4.34. The molecule has 0 spiro atoms. The van der Waals surface area contributed by atoms with Gasteiger partial charge in [-0.1, -0.05) is 30.3 Å². The molecule has 0 atom stereocenters. The van der Waals surface area contributed by atoms with E-state index in [0.29, 0.717) is 5.75 Å². The highest BCUT2D eigenvalue weighted by atomic mass is 16.7. The molecular weight excluding hydrogens is 288 g/mol. The molecule has 114 valence electrons. The molecule has 0 radical (unpaired) electrons. The number of amides is 1. The fraction of sp³-hybridized carbons (Fsp3) is 0.133. The molecule has 1 N–H and O–H groups in total. The monoisotopic (exact) mass is 302 g/mol. The summed E-state index contributed by atoms with van der Waals surface area (Å²) in [6, 6.07) is 14.8. The number of ether oxygens (including phenoxy) is 1. The number of carbonyl (C=O) groups excluding carboxylic acids is 1. The van der Waals surface area contributed by atoms with Crippen molar-refractivity contribution in [1.82, 2.24) is 5.48 Å². The van der Waals surface area contributed by atoms with Gasteiger partial charge in [-0.25, -0.2) is 5.48 Å². The lowest BCUT2D eigenvalue weighted by atomic mass is 10.2. The van der Waals surface area contributed by atoms with Crippen molar-refractivity contribution in [2.24, 2.45) is 0 Å². The lowest BCUT2D eigenvalue weighted by molar-refractivity contribution is -0.384. The Morgan fingerprint density at radius 1 is 1.09 bits per heavy atom. The first-order chi connectivity index (χ1) is 10.6. The Bertz CT molecular complexity index is 628. The predicted molar refractivity (Wildman–Crippen MR) is 78.0 cm³/mol. The number of non-ortho nitro benzene ring substituents is 1. The van der Waals surface area contributed by atoms with Gasteiger partial charge in [-0.15, -0.1) is 0 Å². The van der Waals surface area contributed by atoms with Gasteiger partial charge >= 0.3 is 0 Å². The molecule has 0 saturated carbocycles. The summed E-state index contributed by atoms with van der Waals surface area (Å²) in [7, 11) is 0. The molecule has 2 aromatic carbocycles. The standard InChI is InChI=1S/C15H14N2O5/c18-15(16-22-10-12-4-2-1-3-5-12)11-21-14-8-6-13(7-9-14)17(19)20/h1-9H,10-11H2,(H,16,18). The van der Waals surface area contributed by atoms with Crippen LogP contribution in [-0.2, 0) is 16.2 Å². The van der Waals surface area contributed by atoms with E-state index in [2.05, 4.69) is 5.48 Å². The summed E-state index contributed by atoms with van der Waals surface area (Å²) < 4.78 is 5.19. The summed E-state index contributed by atoms with van der Waals surface area (Å²) in [5, 5.41) is 10.5. The molecule has 0 aliphatic carbocycles. The molecular formula is C15H14N2O5. The first kappa shape index (κ1) is 15.5. The number of carbonyl (C=O) groups is 1. The van der Waals surface area contributed by atoms with Gasteiger partial charge in [0.25, 0.3) is 11.6 Å².